The van der Waals surface area contributed by atoms with Crippen molar-refractivity contribution in [3.63, 3.8) is 0 Å². The number of anilines is 1. The topological polar surface area (TPSA) is 72.6 Å². The Hall–Kier alpha value is -2.05. The van der Waals surface area contributed by atoms with E-state index in [9.17, 15) is 8.42 Å². The van der Waals surface area contributed by atoms with Gasteiger partial charge in [0.15, 0.2) is 0 Å². The maximum Gasteiger partial charge on any atom is 0.264 e. The van der Waals surface area contributed by atoms with Crippen LogP contribution in [0, 0.1) is 0 Å². The largest absolute Gasteiger partial charge is 0.496 e. The summed E-state index contributed by atoms with van der Waals surface area (Å²) in [4.78, 5) is 0.190. The number of nitrogens with two attached hydrogens (primary N) is 1. The van der Waals surface area contributed by atoms with E-state index >= 15 is 0 Å². The zero-order valence-electron chi connectivity index (χ0n) is 12.0. The van der Waals surface area contributed by atoms with Crippen molar-refractivity contribution in [2.24, 2.45) is 5.73 Å². The average Bonchev–Trinajstić information content (AvgIpc) is 2.54. The summed E-state index contributed by atoms with van der Waals surface area (Å²) in [6, 6.07) is 13.6. The maximum absolute atomic E-state index is 12.6. The first-order chi connectivity index (χ1) is 10.0. The van der Waals surface area contributed by atoms with Gasteiger partial charge in [0.2, 0.25) is 0 Å². The van der Waals surface area contributed by atoms with Crippen molar-refractivity contribution in [2.75, 3.05) is 18.5 Å². The molecule has 0 bridgehead atoms. The summed E-state index contributed by atoms with van der Waals surface area (Å²) in [5.41, 5.74) is 6.89. The molecule has 6 heteroatoms. The number of ether oxygens (including phenoxy) is 1. The van der Waals surface area contributed by atoms with Gasteiger partial charge in [0.05, 0.1) is 17.7 Å². The fraction of sp³-hybridized carbons (Fsp3) is 0.200. The molecule has 0 unspecified atom stereocenters. The lowest BCUT2D eigenvalue weighted by molar-refractivity contribution is 0.409. The summed E-state index contributed by atoms with van der Waals surface area (Å²) >= 11 is 0. The Labute approximate surface area is 125 Å². The number of hydrogen-bond acceptors (Lipinski definition) is 4. The van der Waals surface area contributed by atoms with Crippen LogP contribution in [0.3, 0.4) is 0 Å². The molecule has 2 aromatic carbocycles. The van der Waals surface area contributed by atoms with Gasteiger partial charge < -0.3 is 10.5 Å². The number of methoxy groups -OCH3 is 1. The molecule has 5 nitrogen and oxygen atoms in total. The maximum atomic E-state index is 12.6. The van der Waals surface area contributed by atoms with E-state index in [2.05, 4.69) is 0 Å². The van der Waals surface area contributed by atoms with E-state index in [1.54, 1.807) is 36.4 Å². The predicted molar refractivity (Wildman–Crippen MR) is 82.9 cm³/mol. The van der Waals surface area contributed by atoms with E-state index < -0.39 is 10.0 Å². The first-order valence-corrected chi connectivity index (χ1v) is 7.85. The first kappa shape index (κ1) is 15.3. The normalized spacial score (nSPS) is 11.2. The van der Waals surface area contributed by atoms with Crippen LogP contribution in [0.5, 0.6) is 5.75 Å². The van der Waals surface area contributed by atoms with Crippen LogP contribution >= 0.6 is 0 Å². The lowest BCUT2D eigenvalue weighted by atomic mass is 10.2. The summed E-state index contributed by atoms with van der Waals surface area (Å²) in [6.45, 7) is 0.210. The molecule has 0 aliphatic carbocycles. The van der Waals surface area contributed by atoms with Crippen molar-refractivity contribution in [2.45, 2.75) is 11.4 Å². The molecule has 0 heterocycles. The van der Waals surface area contributed by atoms with Crippen LogP contribution < -0.4 is 14.8 Å². The number of para-hydroxylation sites is 1. The zero-order chi connectivity index (χ0) is 15.5. The highest BCUT2D eigenvalue weighted by atomic mass is 32.2. The summed E-state index contributed by atoms with van der Waals surface area (Å²) < 4.78 is 31.7. The lowest BCUT2D eigenvalue weighted by Gasteiger charge is -2.20. The van der Waals surface area contributed by atoms with E-state index in [0.29, 0.717) is 17.0 Å². The molecule has 0 saturated carbocycles. The number of benzene rings is 2. The Kier molecular flexibility index (Phi) is 4.50. The van der Waals surface area contributed by atoms with Gasteiger partial charge >= 0.3 is 0 Å². The molecule has 0 aliphatic rings. The summed E-state index contributed by atoms with van der Waals surface area (Å²) in [7, 11) is -0.576. The minimum Gasteiger partial charge on any atom is -0.496 e. The highest BCUT2D eigenvalue weighted by Gasteiger charge is 2.22. The van der Waals surface area contributed by atoms with Gasteiger partial charge in [-0.25, -0.2) is 8.42 Å². The Balaban J connectivity index is 2.45. The molecule has 2 aromatic rings. The molecule has 0 fully saturated rings. The van der Waals surface area contributed by atoms with Gasteiger partial charge in [0, 0.05) is 19.2 Å². The molecule has 0 amide bonds. The first-order valence-electron chi connectivity index (χ1n) is 6.41. The second-order valence-corrected chi connectivity index (χ2v) is 6.46. The molecule has 112 valence electrons. The van der Waals surface area contributed by atoms with Crippen LogP contribution in [-0.2, 0) is 16.6 Å². The summed E-state index contributed by atoms with van der Waals surface area (Å²) in [5, 5.41) is 0. The van der Waals surface area contributed by atoms with Crippen LogP contribution in [0.4, 0.5) is 5.69 Å². The quantitative estimate of drug-likeness (QED) is 0.917. The molecule has 21 heavy (non-hydrogen) atoms. The van der Waals surface area contributed by atoms with Gasteiger partial charge in [0.1, 0.15) is 5.75 Å². The number of rotatable bonds is 5. The van der Waals surface area contributed by atoms with E-state index in [4.69, 9.17) is 10.5 Å². The van der Waals surface area contributed by atoms with Gasteiger partial charge in [-0.15, -0.1) is 0 Å². The van der Waals surface area contributed by atoms with Crippen molar-refractivity contribution >= 4 is 15.7 Å². The molecule has 0 saturated heterocycles. The number of hydrogen-bond donors (Lipinski definition) is 1. The van der Waals surface area contributed by atoms with Gasteiger partial charge in [-0.2, -0.15) is 0 Å². The lowest BCUT2D eigenvalue weighted by Crippen LogP contribution is -2.26. The predicted octanol–water partition coefficient (Wildman–Crippen LogP) is 1.98. The third-order valence-corrected chi connectivity index (χ3v) is 5.03. The summed E-state index contributed by atoms with van der Waals surface area (Å²) in [6.07, 6.45) is 0. The highest BCUT2D eigenvalue weighted by Crippen LogP contribution is 2.26. The van der Waals surface area contributed by atoms with Crippen LogP contribution in [0.25, 0.3) is 0 Å². The second kappa shape index (κ2) is 6.15. The van der Waals surface area contributed by atoms with Gasteiger partial charge in [-0.1, -0.05) is 18.2 Å². The Bertz CT molecular complexity index is 715. The van der Waals surface area contributed by atoms with Crippen LogP contribution in [0.2, 0.25) is 0 Å². The fourth-order valence-electron chi connectivity index (χ4n) is 2.01. The third-order valence-electron chi connectivity index (χ3n) is 3.25. The Morgan fingerprint density at radius 2 is 1.81 bits per heavy atom. The van der Waals surface area contributed by atoms with Crippen molar-refractivity contribution in [3.8, 4) is 5.75 Å². The molecule has 2 N–H and O–H groups in total. The molecule has 0 aromatic heterocycles. The van der Waals surface area contributed by atoms with E-state index in [-0.39, 0.29) is 11.4 Å². The molecular weight excluding hydrogens is 288 g/mol. The Morgan fingerprint density at radius 1 is 1.14 bits per heavy atom. The van der Waals surface area contributed by atoms with Crippen molar-refractivity contribution in [1.82, 2.24) is 0 Å². The summed E-state index contributed by atoms with van der Waals surface area (Å²) in [5.74, 6) is 0.582. The van der Waals surface area contributed by atoms with Crippen molar-refractivity contribution in [3.05, 3.63) is 54.1 Å². The van der Waals surface area contributed by atoms with Crippen molar-refractivity contribution < 1.29 is 13.2 Å². The average molecular weight is 306 g/mol. The highest BCUT2D eigenvalue weighted by molar-refractivity contribution is 7.92. The number of sulfonamides is 1. The molecule has 0 atom stereocenters. The van der Waals surface area contributed by atoms with Gasteiger partial charge in [-0.05, 0) is 30.3 Å². The van der Waals surface area contributed by atoms with E-state index in [0.717, 1.165) is 0 Å². The standard InChI is InChI=1S/C15H18N2O3S/c1-17(13-6-4-3-5-7-13)21(18,19)14-8-9-15(20-2)12(10-14)11-16/h3-10H,11,16H2,1-2H3. The van der Waals surface area contributed by atoms with E-state index in [1.165, 1.54) is 24.5 Å². The Morgan fingerprint density at radius 3 is 2.38 bits per heavy atom. The molecular formula is C15H18N2O3S. The monoisotopic (exact) mass is 306 g/mol. The van der Waals surface area contributed by atoms with Gasteiger partial charge in [-0.3, -0.25) is 4.31 Å². The van der Waals surface area contributed by atoms with Crippen LogP contribution in [0.15, 0.2) is 53.4 Å². The van der Waals surface area contributed by atoms with Crippen molar-refractivity contribution in [1.29, 1.82) is 0 Å². The molecule has 0 radical (unpaired) electrons. The van der Waals surface area contributed by atoms with E-state index in [1.807, 2.05) is 6.07 Å². The van der Waals surface area contributed by atoms with Gasteiger partial charge in [0.25, 0.3) is 10.0 Å². The van der Waals surface area contributed by atoms with Crippen LogP contribution in [0.1, 0.15) is 5.56 Å². The zero-order valence-corrected chi connectivity index (χ0v) is 12.8. The molecule has 0 aliphatic heterocycles. The minimum atomic E-state index is -3.63. The second-order valence-electron chi connectivity index (χ2n) is 4.49. The fourth-order valence-corrected chi connectivity index (χ4v) is 3.26. The van der Waals surface area contributed by atoms with Crippen LogP contribution in [-0.4, -0.2) is 22.6 Å². The minimum absolute atomic E-state index is 0.190. The SMILES string of the molecule is COc1ccc(S(=O)(=O)N(C)c2ccccc2)cc1CN. The molecule has 0 spiro atoms. The molecule has 2 rings (SSSR count). The third kappa shape index (κ3) is 3.01. The number of nitrogens with zero attached hydrogens (tertiary/aromatic N) is 1. The smallest absolute Gasteiger partial charge is 0.264 e.